The molecule has 2 heterocycles. The van der Waals surface area contributed by atoms with E-state index in [-0.39, 0.29) is 18.2 Å². The molecular weight excluding hydrogens is 383 g/mol. The number of ether oxygens (including phenoxy) is 1. The summed E-state index contributed by atoms with van der Waals surface area (Å²) in [6.45, 7) is 1.82. The molecule has 1 fully saturated rings. The van der Waals surface area contributed by atoms with Crippen LogP contribution in [-0.4, -0.2) is 21.9 Å². The second-order valence-electron chi connectivity index (χ2n) is 7.38. The van der Waals surface area contributed by atoms with Gasteiger partial charge in [0.05, 0.1) is 5.56 Å². The number of rotatable bonds is 6. The summed E-state index contributed by atoms with van der Waals surface area (Å²) in [6.07, 6.45) is 4.96. The standard InChI is InChI=1S/C21H24F3N3O2/c1-14(16-5-3-2-4-6-16)27-19(28)17-11-18(21(22,23)24)20(26-12-17)29-13-15-7-9-25-10-8-15/h7-12,14,16H,2-6,13H2,1H3,(H,27,28)/t14-/m1/s1. The molecule has 1 aliphatic carbocycles. The van der Waals surface area contributed by atoms with E-state index in [1.165, 1.54) is 18.8 Å². The quantitative estimate of drug-likeness (QED) is 0.749. The van der Waals surface area contributed by atoms with E-state index in [0.29, 0.717) is 11.5 Å². The Morgan fingerprint density at radius 3 is 2.59 bits per heavy atom. The number of nitrogens with zero attached hydrogens (tertiary/aromatic N) is 2. The third-order valence-electron chi connectivity index (χ3n) is 5.26. The molecule has 29 heavy (non-hydrogen) atoms. The Bertz CT molecular complexity index is 822. The number of halogens is 3. The Labute approximate surface area is 167 Å². The van der Waals surface area contributed by atoms with Crippen molar-refractivity contribution < 1.29 is 22.7 Å². The molecule has 1 aliphatic rings. The van der Waals surface area contributed by atoms with E-state index in [2.05, 4.69) is 15.3 Å². The summed E-state index contributed by atoms with van der Waals surface area (Å²) in [4.78, 5) is 20.1. The number of amides is 1. The van der Waals surface area contributed by atoms with E-state index < -0.39 is 23.5 Å². The maximum Gasteiger partial charge on any atom is 0.421 e. The van der Waals surface area contributed by atoms with Gasteiger partial charge in [-0.3, -0.25) is 9.78 Å². The van der Waals surface area contributed by atoms with Crippen LogP contribution < -0.4 is 10.1 Å². The van der Waals surface area contributed by atoms with Crippen molar-refractivity contribution in [1.29, 1.82) is 0 Å². The van der Waals surface area contributed by atoms with E-state index in [4.69, 9.17) is 4.74 Å². The van der Waals surface area contributed by atoms with Gasteiger partial charge in [0.15, 0.2) is 0 Å². The minimum absolute atomic E-state index is 0.0805. The van der Waals surface area contributed by atoms with Crippen LogP contribution in [0.4, 0.5) is 13.2 Å². The summed E-state index contributed by atoms with van der Waals surface area (Å²) >= 11 is 0. The third-order valence-corrected chi connectivity index (χ3v) is 5.26. The van der Waals surface area contributed by atoms with Gasteiger partial charge in [0.1, 0.15) is 12.2 Å². The van der Waals surface area contributed by atoms with Gasteiger partial charge >= 0.3 is 6.18 Å². The van der Waals surface area contributed by atoms with E-state index >= 15 is 0 Å². The van der Waals surface area contributed by atoms with Crippen LogP contribution >= 0.6 is 0 Å². The monoisotopic (exact) mass is 407 g/mol. The average Bonchev–Trinajstić information content (AvgIpc) is 2.72. The van der Waals surface area contributed by atoms with Crippen molar-refractivity contribution >= 4 is 5.91 Å². The van der Waals surface area contributed by atoms with E-state index in [0.717, 1.165) is 37.9 Å². The fourth-order valence-corrected chi connectivity index (χ4v) is 3.57. The second kappa shape index (κ2) is 9.24. The van der Waals surface area contributed by atoms with E-state index in [1.54, 1.807) is 12.1 Å². The molecule has 1 amide bonds. The number of aromatic nitrogens is 2. The molecule has 0 unspecified atom stereocenters. The molecular formula is C21H24F3N3O2. The average molecular weight is 407 g/mol. The third kappa shape index (κ3) is 5.68. The minimum Gasteiger partial charge on any atom is -0.472 e. The fourth-order valence-electron chi connectivity index (χ4n) is 3.57. The summed E-state index contributed by atoms with van der Waals surface area (Å²) in [5.41, 5.74) is -0.529. The maximum atomic E-state index is 13.5. The Morgan fingerprint density at radius 2 is 1.93 bits per heavy atom. The Balaban J connectivity index is 1.73. The number of pyridine rings is 2. The van der Waals surface area contributed by atoms with Crippen LogP contribution in [0.15, 0.2) is 36.8 Å². The highest BCUT2D eigenvalue weighted by Gasteiger charge is 2.36. The van der Waals surface area contributed by atoms with Gasteiger partial charge in [-0.1, -0.05) is 19.3 Å². The zero-order valence-electron chi connectivity index (χ0n) is 16.2. The Kier molecular flexibility index (Phi) is 6.71. The van der Waals surface area contributed by atoms with Crippen LogP contribution in [0.1, 0.15) is 60.5 Å². The summed E-state index contributed by atoms with van der Waals surface area (Å²) in [5, 5.41) is 2.83. The van der Waals surface area contributed by atoms with Gasteiger partial charge in [-0.2, -0.15) is 13.2 Å². The van der Waals surface area contributed by atoms with Crippen molar-refractivity contribution in [3.05, 3.63) is 53.5 Å². The predicted octanol–water partition coefficient (Wildman–Crippen LogP) is 4.77. The van der Waals surface area contributed by atoms with Gasteiger partial charge in [0.2, 0.25) is 5.88 Å². The van der Waals surface area contributed by atoms with Gasteiger partial charge < -0.3 is 10.1 Å². The number of hydrogen-bond acceptors (Lipinski definition) is 4. The van der Waals surface area contributed by atoms with Crippen LogP contribution in [0.5, 0.6) is 5.88 Å². The second-order valence-corrected chi connectivity index (χ2v) is 7.38. The molecule has 2 aromatic rings. The van der Waals surface area contributed by atoms with Gasteiger partial charge in [-0.25, -0.2) is 4.98 Å². The molecule has 3 rings (SSSR count). The largest absolute Gasteiger partial charge is 0.472 e. The first-order chi connectivity index (χ1) is 13.8. The lowest BCUT2D eigenvalue weighted by atomic mass is 9.84. The fraction of sp³-hybridized carbons (Fsp3) is 0.476. The molecule has 1 saturated carbocycles. The lowest BCUT2D eigenvalue weighted by molar-refractivity contribution is -0.139. The highest BCUT2D eigenvalue weighted by Crippen LogP contribution is 2.36. The Hall–Kier alpha value is -2.64. The zero-order chi connectivity index (χ0) is 20.9. The van der Waals surface area contributed by atoms with Crippen molar-refractivity contribution in [3.63, 3.8) is 0 Å². The van der Waals surface area contributed by atoms with Crippen LogP contribution in [0.25, 0.3) is 0 Å². The normalized spacial score (nSPS) is 16.3. The molecule has 1 N–H and O–H groups in total. The zero-order valence-corrected chi connectivity index (χ0v) is 16.2. The molecule has 0 aromatic carbocycles. The molecule has 8 heteroatoms. The van der Waals surface area contributed by atoms with Crippen molar-refractivity contribution in [2.24, 2.45) is 5.92 Å². The summed E-state index contributed by atoms with van der Waals surface area (Å²) < 4.78 is 45.8. The van der Waals surface area contributed by atoms with E-state index in [1.807, 2.05) is 6.92 Å². The van der Waals surface area contributed by atoms with Gasteiger partial charge in [0.25, 0.3) is 5.91 Å². The summed E-state index contributed by atoms with van der Waals surface area (Å²) in [5.74, 6) is -0.751. The summed E-state index contributed by atoms with van der Waals surface area (Å²) in [7, 11) is 0. The first-order valence-electron chi connectivity index (χ1n) is 9.74. The lowest BCUT2D eigenvalue weighted by Crippen LogP contribution is -2.39. The smallest absolute Gasteiger partial charge is 0.421 e. The van der Waals surface area contributed by atoms with Crippen molar-refractivity contribution in [1.82, 2.24) is 15.3 Å². The minimum atomic E-state index is -4.69. The van der Waals surface area contributed by atoms with Crippen LogP contribution in [-0.2, 0) is 12.8 Å². The molecule has 2 aromatic heterocycles. The van der Waals surface area contributed by atoms with Crippen LogP contribution in [0.2, 0.25) is 0 Å². The molecule has 1 atom stereocenters. The molecule has 156 valence electrons. The van der Waals surface area contributed by atoms with Gasteiger partial charge in [-0.15, -0.1) is 0 Å². The molecule has 0 bridgehead atoms. The van der Waals surface area contributed by atoms with E-state index in [9.17, 15) is 18.0 Å². The first kappa shape index (κ1) is 21.1. The van der Waals surface area contributed by atoms with Crippen molar-refractivity contribution in [2.75, 3.05) is 0 Å². The number of carbonyl (C=O) groups is 1. The molecule has 5 nitrogen and oxygen atoms in total. The summed E-state index contributed by atoms with van der Waals surface area (Å²) in [6, 6.07) is 3.99. The Morgan fingerprint density at radius 1 is 1.24 bits per heavy atom. The lowest BCUT2D eigenvalue weighted by Gasteiger charge is -2.28. The number of hydrogen-bond donors (Lipinski definition) is 1. The number of nitrogens with one attached hydrogen (secondary N) is 1. The molecule has 0 radical (unpaired) electrons. The highest BCUT2D eigenvalue weighted by atomic mass is 19.4. The SMILES string of the molecule is C[C@@H](NC(=O)c1cnc(OCc2ccncc2)c(C(F)(F)F)c1)C1CCCCC1. The molecule has 0 spiro atoms. The highest BCUT2D eigenvalue weighted by molar-refractivity contribution is 5.94. The van der Waals surface area contributed by atoms with Gasteiger partial charge in [0, 0.05) is 24.6 Å². The van der Waals surface area contributed by atoms with Crippen molar-refractivity contribution in [2.45, 2.75) is 57.9 Å². The number of carbonyl (C=O) groups excluding carboxylic acids is 1. The van der Waals surface area contributed by atoms with Gasteiger partial charge in [-0.05, 0) is 49.4 Å². The topological polar surface area (TPSA) is 64.1 Å². The van der Waals surface area contributed by atoms with Crippen molar-refractivity contribution in [3.8, 4) is 5.88 Å². The molecule has 0 aliphatic heterocycles. The predicted molar refractivity (Wildman–Crippen MR) is 101 cm³/mol. The van der Waals surface area contributed by atoms with Crippen LogP contribution in [0, 0.1) is 5.92 Å². The first-order valence-corrected chi connectivity index (χ1v) is 9.74. The number of alkyl halides is 3. The van der Waals surface area contributed by atoms with Crippen LogP contribution in [0.3, 0.4) is 0 Å². The molecule has 0 saturated heterocycles. The maximum absolute atomic E-state index is 13.5.